The number of rotatable bonds is 7. The number of fused-ring (bicyclic) bond motifs is 1. The van der Waals surface area contributed by atoms with Gasteiger partial charge in [-0.25, -0.2) is 0 Å². The van der Waals surface area contributed by atoms with Gasteiger partial charge in [-0.3, -0.25) is 4.79 Å². The summed E-state index contributed by atoms with van der Waals surface area (Å²) in [5.41, 5.74) is 1.15. The van der Waals surface area contributed by atoms with Gasteiger partial charge in [-0.15, -0.1) is 0 Å². The van der Waals surface area contributed by atoms with Crippen molar-refractivity contribution in [2.75, 3.05) is 13.7 Å². The number of hydrogen-bond acceptors (Lipinski definition) is 3. The lowest BCUT2D eigenvalue weighted by atomic mass is 10.1. The Hall–Kier alpha value is -3.01. The average molecular weight is 349 g/mol. The largest absolute Gasteiger partial charge is 0.497 e. The summed E-state index contributed by atoms with van der Waals surface area (Å²) < 4.78 is 11.0. The second kappa shape index (κ2) is 8.39. The molecule has 0 spiro atoms. The van der Waals surface area contributed by atoms with Crippen LogP contribution >= 0.6 is 0 Å². The molecule has 4 heteroatoms. The van der Waals surface area contributed by atoms with Gasteiger partial charge in [0, 0.05) is 11.9 Å². The molecule has 4 nitrogen and oxygen atoms in total. The van der Waals surface area contributed by atoms with Gasteiger partial charge in [0.25, 0.3) is 5.91 Å². The first-order valence-corrected chi connectivity index (χ1v) is 8.72. The minimum Gasteiger partial charge on any atom is -0.497 e. The fourth-order valence-corrected chi connectivity index (χ4v) is 2.81. The van der Waals surface area contributed by atoms with Crippen molar-refractivity contribution in [1.29, 1.82) is 0 Å². The average Bonchev–Trinajstić information content (AvgIpc) is 2.68. The van der Waals surface area contributed by atoms with Crippen LogP contribution < -0.4 is 14.8 Å². The van der Waals surface area contributed by atoms with E-state index < -0.39 is 6.10 Å². The summed E-state index contributed by atoms with van der Waals surface area (Å²) in [6.45, 7) is 2.33. The fourth-order valence-electron chi connectivity index (χ4n) is 2.81. The van der Waals surface area contributed by atoms with Gasteiger partial charge in [-0.2, -0.15) is 0 Å². The van der Waals surface area contributed by atoms with Gasteiger partial charge in [-0.1, -0.05) is 48.5 Å². The van der Waals surface area contributed by atoms with E-state index in [4.69, 9.17) is 9.47 Å². The minimum absolute atomic E-state index is 0.119. The molecule has 0 fully saturated rings. The number of carbonyl (C=O) groups is 1. The lowest BCUT2D eigenvalue weighted by Crippen LogP contribution is -2.37. The predicted molar refractivity (Wildman–Crippen MR) is 104 cm³/mol. The van der Waals surface area contributed by atoms with Crippen LogP contribution in [0.1, 0.15) is 12.5 Å². The highest BCUT2D eigenvalue weighted by molar-refractivity contribution is 5.89. The molecule has 0 saturated carbocycles. The van der Waals surface area contributed by atoms with Crippen LogP contribution in [-0.2, 0) is 11.2 Å². The van der Waals surface area contributed by atoms with Gasteiger partial charge < -0.3 is 14.8 Å². The molecule has 0 aliphatic carbocycles. The molecule has 0 radical (unpaired) electrons. The molecular weight excluding hydrogens is 326 g/mol. The molecule has 0 aromatic heterocycles. The summed E-state index contributed by atoms with van der Waals surface area (Å²) in [5.74, 6) is 1.43. The van der Waals surface area contributed by atoms with Crippen molar-refractivity contribution in [2.45, 2.75) is 19.4 Å². The van der Waals surface area contributed by atoms with E-state index in [0.29, 0.717) is 6.54 Å². The third kappa shape index (κ3) is 4.33. The Labute approximate surface area is 153 Å². The summed E-state index contributed by atoms with van der Waals surface area (Å²) in [6, 6.07) is 21.7. The first kappa shape index (κ1) is 17.8. The molecule has 1 N–H and O–H groups in total. The maximum absolute atomic E-state index is 12.3. The number of hydrogen-bond donors (Lipinski definition) is 1. The van der Waals surface area contributed by atoms with Crippen LogP contribution in [0.15, 0.2) is 66.7 Å². The van der Waals surface area contributed by atoms with Crippen LogP contribution in [0.3, 0.4) is 0 Å². The van der Waals surface area contributed by atoms with E-state index in [2.05, 4.69) is 5.32 Å². The molecule has 1 amide bonds. The number of methoxy groups -OCH3 is 1. The zero-order valence-electron chi connectivity index (χ0n) is 15.1. The van der Waals surface area contributed by atoms with E-state index in [-0.39, 0.29) is 5.91 Å². The first-order chi connectivity index (χ1) is 12.7. The van der Waals surface area contributed by atoms with Gasteiger partial charge in [0.15, 0.2) is 6.10 Å². The third-order valence-electron chi connectivity index (χ3n) is 4.29. The lowest BCUT2D eigenvalue weighted by Gasteiger charge is -2.16. The van der Waals surface area contributed by atoms with Crippen LogP contribution in [0, 0.1) is 0 Å². The zero-order chi connectivity index (χ0) is 18.4. The van der Waals surface area contributed by atoms with Crippen molar-refractivity contribution < 1.29 is 14.3 Å². The van der Waals surface area contributed by atoms with Crippen LogP contribution in [0.25, 0.3) is 10.8 Å². The molecular formula is C22H23NO3. The molecule has 3 rings (SSSR count). The van der Waals surface area contributed by atoms with Crippen LogP contribution in [0.5, 0.6) is 11.5 Å². The van der Waals surface area contributed by atoms with Crippen LogP contribution in [0.2, 0.25) is 0 Å². The van der Waals surface area contributed by atoms with Gasteiger partial charge in [-0.05, 0) is 42.5 Å². The normalized spacial score (nSPS) is 11.8. The second-order valence-electron chi connectivity index (χ2n) is 6.13. The van der Waals surface area contributed by atoms with Crippen molar-refractivity contribution in [3.8, 4) is 11.5 Å². The number of benzene rings is 3. The van der Waals surface area contributed by atoms with Crippen molar-refractivity contribution in [3.05, 3.63) is 72.3 Å². The Morgan fingerprint density at radius 3 is 2.50 bits per heavy atom. The van der Waals surface area contributed by atoms with Gasteiger partial charge in [0.05, 0.1) is 7.11 Å². The molecule has 3 aromatic carbocycles. The second-order valence-corrected chi connectivity index (χ2v) is 6.13. The molecule has 0 aliphatic rings. The van der Waals surface area contributed by atoms with Crippen molar-refractivity contribution >= 4 is 16.7 Å². The highest BCUT2D eigenvalue weighted by Crippen LogP contribution is 2.26. The Kier molecular flexibility index (Phi) is 5.74. The maximum Gasteiger partial charge on any atom is 0.260 e. The third-order valence-corrected chi connectivity index (χ3v) is 4.29. The standard InChI is InChI=1S/C22H23NO3/c1-16(26-21-9-5-7-18-6-3-4-8-20(18)21)22(24)23-15-14-17-10-12-19(25-2)13-11-17/h3-13,16H,14-15H2,1-2H3,(H,23,24). The summed E-state index contributed by atoms with van der Waals surface area (Å²) in [4.78, 5) is 12.3. The molecule has 134 valence electrons. The monoisotopic (exact) mass is 349 g/mol. The van der Waals surface area contributed by atoms with E-state index in [1.54, 1.807) is 14.0 Å². The predicted octanol–water partition coefficient (Wildman–Crippen LogP) is 3.97. The highest BCUT2D eigenvalue weighted by Gasteiger charge is 2.15. The van der Waals surface area contributed by atoms with E-state index in [0.717, 1.165) is 34.3 Å². The molecule has 0 aliphatic heterocycles. The number of amides is 1. The van der Waals surface area contributed by atoms with Gasteiger partial charge in [0.2, 0.25) is 0 Å². The van der Waals surface area contributed by atoms with Crippen LogP contribution in [-0.4, -0.2) is 25.7 Å². The topological polar surface area (TPSA) is 47.6 Å². The smallest absolute Gasteiger partial charge is 0.260 e. The number of ether oxygens (including phenoxy) is 2. The number of nitrogens with one attached hydrogen (secondary N) is 1. The molecule has 0 heterocycles. The summed E-state index contributed by atoms with van der Waals surface area (Å²) >= 11 is 0. The van der Waals surface area contributed by atoms with Crippen molar-refractivity contribution in [1.82, 2.24) is 5.32 Å². The lowest BCUT2D eigenvalue weighted by molar-refractivity contribution is -0.127. The van der Waals surface area contributed by atoms with Gasteiger partial charge >= 0.3 is 0 Å². The molecule has 26 heavy (non-hydrogen) atoms. The Morgan fingerprint density at radius 2 is 1.73 bits per heavy atom. The quantitative estimate of drug-likeness (QED) is 0.702. The van der Waals surface area contributed by atoms with E-state index in [1.165, 1.54) is 0 Å². The molecule has 0 bridgehead atoms. The number of carbonyl (C=O) groups excluding carboxylic acids is 1. The Morgan fingerprint density at radius 1 is 1.00 bits per heavy atom. The summed E-state index contributed by atoms with van der Waals surface area (Å²) in [7, 11) is 1.65. The fraction of sp³-hybridized carbons (Fsp3) is 0.227. The first-order valence-electron chi connectivity index (χ1n) is 8.72. The van der Waals surface area contributed by atoms with E-state index in [9.17, 15) is 4.79 Å². The molecule has 3 aromatic rings. The van der Waals surface area contributed by atoms with Crippen molar-refractivity contribution in [3.63, 3.8) is 0 Å². The van der Waals surface area contributed by atoms with E-state index >= 15 is 0 Å². The molecule has 1 unspecified atom stereocenters. The SMILES string of the molecule is COc1ccc(CCNC(=O)C(C)Oc2cccc3ccccc23)cc1. The maximum atomic E-state index is 12.3. The van der Waals surface area contributed by atoms with Gasteiger partial charge in [0.1, 0.15) is 11.5 Å². The minimum atomic E-state index is -0.559. The zero-order valence-corrected chi connectivity index (χ0v) is 15.1. The molecule has 1 atom stereocenters. The highest BCUT2D eigenvalue weighted by atomic mass is 16.5. The van der Waals surface area contributed by atoms with Crippen molar-refractivity contribution in [2.24, 2.45) is 0 Å². The summed E-state index contributed by atoms with van der Waals surface area (Å²) in [6.07, 6.45) is 0.202. The molecule has 0 saturated heterocycles. The summed E-state index contributed by atoms with van der Waals surface area (Å²) in [5, 5.41) is 5.03. The van der Waals surface area contributed by atoms with Crippen LogP contribution in [0.4, 0.5) is 0 Å². The Balaban J connectivity index is 1.54. The Bertz CT molecular complexity index is 869. The van der Waals surface area contributed by atoms with E-state index in [1.807, 2.05) is 66.7 Å².